The van der Waals surface area contributed by atoms with E-state index in [-0.39, 0.29) is 23.1 Å². The minimum atomic E-state index is -4.76. The Kier molecular flexibility index (Phi) is 7.04. The molecule has 0 radical (unpaired) electrons. The molecule has 0 aliphatic carbocycles. The SMILES string of the molecule is CNS(=O)(=O)c1ccc(/C=C/C(=O)N(C)Cc2ccc(OC(F)(F)F)cc2)cc1. The van der Waals surface area contributed by atoms with Gasteiger partial charge in [-0.3, -0.25) is 4.79 Å². The molecule has 0 heterocycles. The van der Waals surface area contributed by atoms with Gasteiger partial charge in [0.2, 0.25) is 15.9 Å². The predicted octanol–water partition coefficient (Wildman–Crippen LogP) is 3.17. The van der Waals surface area contributed by atoms with E-state index in [1.54, 1.807) is 19.2 Å². The highest BCUT2D eigenvalue weighted by Crippen LogP contribution is 2.23. The smallest absolute Gasteiger partial charge is 0.406 e. The molecule has 0 bridgehead atoms. The molecule has 0 fully saturated rings. The van der Waals surface area contributed by atoms with Crippen LogP contribution >= 0.6 is 0 Å². The Morgan fingerprint density at radius 1 is 1.10 bits per heavy atom. The Balaban J connectivity index is 1.96. The van der Waals surface area contributed by atoms with Crippen molar-refractivity contribution >= 4 is 22.0 Å². The predicted molar refractivity (Wildman–Crippen MR) is 101 cm³/mol. The molecule has 2 aromatic rings. The number of hydrogen-bond acceptors (Lipinski definition) is 4. The van der Waals surface area contributed by atoms with Gasteiger partial charge in [0.15, 0.2) is 0 Å². The van der Waals surface area contributed by atoms with E-state index >= 15 is 0 Å². The van der Waals surface area contributed by atoms with E-state index in [4.69, 9.17) is 0 Å². The Labute approximate surface area is 166 Å². The van der Waals surface area contributed by atoms with Crippen molar-refractivity contribution in [3.8, 4) is 5.75 Å². The molecule has 0 unspecified atom stereocenters. The molecule has 0 aromatic heterocycles. The van der Waals surface area contributed by atoms with Gasteiger partial charge in [0.1, 0.15) is 5.75 Å². The van der Waals surface area contributed by atoms with E-state index in [2.05, 4.69) is 9.46 Å². The van der Waals surface area contributed by atoms with Crippen LogP contribution in [-0.2, 0) is 21.4 Å². The molecule has 0 saturated heterocycles. The number of sulfonamides is 1. The second-order valence-corrected chi connectivity index (χ2v) is 7.88. The van der Waals surface area contributed by atoms with Crippen LogP contribution in [0, 0.1) is 0 Å². The molecular formula is C19H19F3N2O4S. The number of carbonyl (C=O) groups excluding carboxylic acids is 1. The Morgan fingerprint density at radius 2 is 1.69 bits per heavy atom. The number of halogens is 3. The van der Waals surface area contributed by atoms with Crippen molar-refractivity contribution in [2.75, 3.05) is 14.1 Å². The minimum Gasteiger partial charge on any atom is -0.406 e. The summed E-state index contributed by atoms with van der Waals surface area (Å²) in [4.78, 5) is 13.7. The monoisotopic (exact) mass is 428 g/mol. The molecule has 1 N–H and O–H groups in total. The summed E-state index contributed by atoms with van der Waals surface area (Å²) in [6.07, 6.45) is -1.90. The third-order valence-corrected chi connectivity index (χ3v) is 5.26. The molecule has 29 heavy (non-hydrogen) atoms. The van der Waals surface area contributed by atoms with Crippen LogP contribution in [0.3, 0.4) is 0 Å². The number of benzene rings is 2. The highest BCUT2D eigenvalue weighted by molar-refractivity contribution is 7.89. The van der Waals surface area contributed by atoms with E-state index in [9.17, 15) is 26.4 Å². The number of carbonyl (C=O) groups is 1. The van der Waals surface area contributed by atoms with Crippen molar-refractivity contribution in [2.24, 2.45) is 0 Å². The summed E-state index contributed by atoms with van der Waals surface area (Å²) < 4.78 is 65.9. The number of likely N-dealkylation sites (N-methyl/N-ethyl adjacent to an activating group) is 1. The van der Waals surface area contributed by atoms with Crippen molar-refractivity contribution in [1.29, 1.82) is 0 Å². The number of hydrogen-bond donors (Lipinski definition) is 1. The molecule has 2 aromatic carbocycles. The Bertz CT molecular complexity index is 970. The van der Waals surface area contributed by atoms with Gasteiger partial charge in [-0.1, -0.05) is 24.3 Å². The first-order valence-corrected chi connectivity index (χ1v) is 9.80. The first-order valence-electron chi connectivity index (χ1n) is 8.31. The number of ether oxygens (including phenoxy) is 1. The first-order chi connectivity index (χ1) is 13.5. The van der Waals surface area contributed by atoms with E-state index in [0.717, 1.165) is 0 Å². The second kappa shape index (κ2) is 9.10. The zero-order valence-electron chi connectivity index (χ0n) is 15.6. The van der Waals surface area contributed by atoms with Crippen LogP contribution in [0.15, 0.2) is 59.5 Å². The number of nitrogens with one attached hydrogen (secondary N) is 1. The van der Waals surface area contributed by atoms with Crippen LogP contribution in [0.1, 0.15) is 11.1 Å². The molecule has 0 saturated carbocycles. The molecule has 1 amide bonds. The summed E-state index contributed by atoms with van der Waals surface area (Å²) in [5, 5.41) is 0. The molecular weight excluding hydrogens is 409 g/mol. The topological polar surface area (TPSA) is 75.7 Å². The van der Waals surface area contributed by atoms with Crippen molar-refractivity contribution < 1.29 is 31.1 Å². The van der Waals surface area contributed by atoms with Gasteiger partial charge in [0, 0.05) is 19.7 Å². The second-order valence-electron chi connectivity index (χ2n) is 6.00. The fourth-order valence-corrected chi connectivity index (χ4v) is 3.05. The van der Waals surface area contributed by atoms with Crippen molar-refractivity contribution in [2.45, 2.75) is 17.8 Å². The molecule has 0 spiro atoms. The third kappa shape index (κ3) is 6.91. The fourth-order valence-electron chi connectivity index (χ4n) is 2.32. The average molecular weight is 428 g/mol. The lowest BCUT2D eigenvalue weighted by Gasteiger charge is -2.16. The lowest BCUT2D eigenvalue weighted by atomic mass is 10.2. The van der Waals surface area contributed by atoms with Crippen LogP contribution in [-0.4, -0.2) is 39.7 Å². The summed E-state index contributed by atoms with van der Waals surface area (Å²) in [6.45, 7) is 0.189. The van der Waals surface area contributed by atoms with Gasteiger partial charge in [-0.25, -0.2) is 13.1 Å². The number of amides is 1. The van der Waals surface area contributed by atoms with Gasteiger partial charge in [-0.15, -0.1) is 13.2 Å². The van der Waals surface area contributed by atoms with Crippen LogP contribution in [0.25, 0.3) is 6.08 Å². The highest BCUT2D eigenvalue weighted by atomic mass is 32.2. The minimum absolute atomic E-state index is 0.110. The zero-order chi connectivity index (χ0) is 21.7. The van der Waals surface area contributed by atoms with Crippen molar-refractivity contribution in [3.05, 3.63) is 65.7 Å². The molecule has 0 aliphatic rings. The van der Waals surface area contributed by atoms with Gasteiger partial charge in [0.25, 0.3) is 0 Å². The van der Waals surface area contributed by atoms with Gasteiger partial charge in [0.05, 0.1) is 4.90 Å². The maximum atomic E-state index is 12.2. The van der Waals surface area contributed by atoms with Gasteiger partial charge >= 0.3 is 6.36 Å². The van der Waals surface area contributed by atoms with Gasteiger partial charge < -0.3 is 9.64 Å². The lowest BCUT2D eigenvalue weighted by Crippen LogP contribution is -2.24. The molecule has 156 valence electrons. The van der Waals surface area contributed by atoms with Gasteiger partial charge in [-0.2, -0.15) is 0 Å². The maximum Gasteiger partial charge on any atom is 0.573 e. The normalized spacial score (nSPS) is 12.2. The van der Waals surface area contributed by atoms with Crippen LogP contribution in [0.2, 0.25) is 0 Å². The number of nitrogens with zero attached hydrogens (tertiary/aromatic N) is 1. The third-order valence-electron chi connectivity index (χ3n) is 3.83. The van der Waals surface area contributed by atoms with Crippen molar-refractivity contribution in [1.82, 2.24) is 9.62 Å². The number of alkyl halides is 3. The Morgan fingerprint density at radius 3 is 2.21 bits per heavy atom. The zero-order valence-corrected chi connectivity index (χ0v) is 16.4. The molecule has 0 atom stereocenters. The van der Waals surface area contributed by atoms with E-state index in [0.29, 0.717) is 11.1 Å². The van der Waals surface area contributed by atoms with E-state index < -0.39 is 16.4 Å². The van der Waals surface area contributed by atoms with Crippen LogP contribution in [0.4, 0.5) is 13.2 Å². The van der Waals surface area contributed by atoms with Crippen LogP contribution in [0.5, 0.6) is 5.75 Å². The van der Waals surface area contributed by atoms with Crippen LogP contribution < -0.4 is 9.46 Å². The lowest BCUT2D eigenvalue weighted by molar-refractivity contribution is -0.274. The largest absolute Gasteiger partial charge is 0.573 e. The standard InChI is InChI=1S/C19H19F3N2O4S/c1-23-29(26,27)17-10-5-14(6-11-17)7-12-18(25)24(2)13-15-3-8-16(9-4-15)28-19(20,21)22/h3-12,23H,13H2,1-2H3/b12-7+. The summed E-state index contributed by atoms with van der Waals surface area (Å²) in [6, 6.07) is 11.2. The molecule has 2 rings (SSSR count). The summed E-state index contributed by atoms with van der Waals surface area (Å²) >= 11 is 0. The molecule has 10 heteroatoms. The molecule has 6 nitrogen and oxygen atoms in total. The fraction of sp³-hybridized carbons (Fsp3) is 0.211. The Hall–Kier alpha value is -2.85. The quantitative estimate of drug-likeness (QED) is 0.688. The van der Waals surface area contributed by atoms with Gasteiger partial charge in [-0.05, 0) is 48.5 Å². The maximum absolute atomic E-state index is 12.2. The van der Waals surface area contributed by atoms with E-state index in [1.165, 1.54) is 60.5 Å². The average Bonchev–Trinajstić information content (AvgIpc) is 2.66. The van der Waals surface area contributed by atoms with E-state index in [1.807, 2.05) is 0 Å². The summed E-state index contributed by atoms with van der Waals surface area (Å²) in [7, 11) is -0.663. The highest BCUT2D eigenvalue weighted by Gasteiger charge is 2.30. The number of rotatable bonds is 7. The summed E-state index contributed by atoms with van der Waals surface area (Å²) in [5.41, 5.74) is 1.26. The summed E-state index contributed by atoms with van der Waals surface area (Å²) in [5.74, 6) is -0.661. The molecule has 0 aliphatic heterocycles. The van der Waals surface area contributed by atoms with Crippen molar-refractivity contribution in [3.63, 3.8) is 0 Å². The first kappa shape index (κ1) is 22.4.